The smallest absolute Gasteiger partial charge is 0.141 e. The highest BCUT2D eigenvalue weighted by atomic mass is 19.1. The first-order valence-electron chi connectivity index (χ1n) is 4.13. The second-order valence-electron chi connectivity index (χ2n) is 3.24. The quantitative estimate of drug-likeness (QED) is 0.718. The minimum absolute atomic E-state index is 0.274. The Morgan fingerprint density at radius 2 is 2.42 bits per heavy atom. The van der Waals surface area contributed by atoms with E-state index in [4.69, 9.17) is 5.73 Å². The van der Waals surface area contributed by atoms with Gasteiger partial charge in [0.15, 0.2) is 0 Å². The predicted octanol–water partition coefficient (Wildman–Crippen LogP) is 1.28. The van der Waals surface area contributed by atoms with E-state index in [0.29, 0.717) is 18.4 Å². The molecule has 2 atom stereocenters. The van der Waals surface area contributed by atoms with Crippen molar-refractivity contribution >= 4 is 0 Å². The van der Waals surface area contributed by atoms with Gasteiger partial charge in [-0.3, -0.25) is 4.98 Å². The summed E-state index contributed by atoms with van der Waals surface area (Å²) in [4.78, 5) is 4.01. The van der Waals surface area contributed by atoms with E-state index in [1.807, 2.05) is 0 Å². The molecule has 0 bridgehead atoms. The third kappa shape index (κ3) is 1.32. The van der Waals surface area contributed by atoms with Crippen molar-refractivity contribution in [3.63, 3.8) is 0 Å². The van der Waals surface area contributed by atoms with Crippen molar-refractivity contribution in [1.29, 1.82) is 0 Å². The molecule has 1 saturated carbocycles. The van der Waals surface area contributed by atoms with Crippen LogP contribution in [0.4, 0.5) is 4.39 Å². The van der Waals surface area contributed by atoms with Gasteiger partial charge in [0.1, 0.15) is 5.82 Å². The van der Waals surface area contributed by atoms with Crippen molar-refractivity contribution in [3.05, 3.63) is 29.8 Å². The van der Waals surface area contributed by atoms with E-state index in [2.05, 4.69) is 4.98 Å². The summed E-state index contributed by atoms with van der Waals surface area (Å²) in [6.45, 7) is 0.712. The van der Waals surface area contributed by atoms with Crippen molar-refractivity contribution in [1.82, 2.24) is 4.98 Å². The molecule has 1 heterocycles. The lowest BCUT2D eigenvalue weighted by atomic mass is 10.2. The van der Waals surface area contributed by atoms with Gasteiger partial charge in [-0.1, -0.05) is 0 Å². The molecule has 2 N–H and O–H groups in total. The first-order chi connectivity index (χ1) is 5.81. The third-order valence-corrected chi connectivity index (χ3v) is 2.36. The minimum atomic E-state index is -0.274. The van der Waals surface area contributed by atoms with Gasteiger partial charge >= 0.3 is 0 Å². The molecule has 0 unspecified atom stereocenters. The van der Waals surface area contributed by atoms with E-state index in [-0.39, 0.29) is 5.82 Å². The monoisotopic (exact) mass is 166 g/mol. The molecule has 1 aliphatic rings. The molecule has 1 aromatic heterocycles. The summed E-state index contributed by atoms with van der Waals surface area (Å²) in [6, 6.07) is 3.20. The Balaban J connectivity index is 2.10. The summed E-state index contributed by atoms with van der Waals surface area (Å²) in [7, 11) is 0. The number of nitrogens with zero attached hydrogens (tertiary/aromatic N) is 1. The Kier molecular flexibility index (Phi) is 1.81. The summed E-state index contributed by atoms with van der Waals surface area (Å²) >= 11 is 0. The highest BCUT2D eigenvalue weighted by molar-refractivity contribution is 5.18. The Labute approximate surface area is 70.6 Å². The lowest BCUT2D eigenvalue weighted by Gasteiger charge is -1.96. The molecule has 2 rings (SSSR count). The van der Waals surface area contributed by atoms with Gasteiger partial charge in [-0.2, -0.15) is 0 Å². The van der Waals surface area contributed by atoms with E-state index in [1.165, 1.54) is 12.3 Å². The van der Waals surface area contributed by atoms with Crippen molar-refractivity contribution in [2.24, 2.45) is 11.7 Å². The molecular weight excluding hydrogens is 155 g/mol. The average Bonchev–Trinajstić information content (AvgIpc) is 2.85. The second-order valence-corrected chi connectivity index (χ2v) is 3.24. The fourth-order valence-corrected chi connectivity index (χ4v) is 1.48. The number of nitrogens with two attached hydrogens (primary N) is 1. The van der Waals surface area contributed by atoms with Gasteiger partial charge in [-0.05, 0) is 31.0 Å². The Morgan fingerprint density at radius 1 is 1.58 bits per heavy atom. The third-order valence-electron chi connectivity index (χ3n) is 2.36. The number of rotatable bonds is 2. The molecule has 2 nitrogen and oxygen atoms in total. The zero-order valence-corrected chi connectivity index (χ0v) is 6.70. The molecule has 0 radical (unpaired) electrons. The lowest BCUT2D eigenvalue weighted by Crippen LogP contribution is -2.02. The predicted molar refractivity (Wildman–Crippen MR) is 44.1 cm³/mol. The van der Waals surface area contributed by atoms with Gasteiger partial charge in [0, 0.05) is 11.6 Å². The van der Waals surface area contributed by atoms with Crippen LogP contribution in [0.5, 0.6) is 0 Å². The number of halogens is 1. The number of pyridine rings is 1. The fraction of sp³-hybridized carbons (Fsp3) is 0.444. The molecule has 0 aromatic carbocycles. The first-order valence-corrected chi connectivity index (χ1v) is 4.13. The maximum absolute atomic E-state index is 12.5. The van der Waals surface area contributed by atoms with Gasteiger partial charge in [0.2, 0.25) is 0 Å². The maximum atomic E-state index is 12.5. The number of hydrogen-bond donors (Lipinski definition) is 1. The van der Waals surface area contributed by atoms with Crippen molar-refractivity contribution in [2.45, 2.75) is 12.3 Å². The van der Waals surface area contributed by atoms with Crippen LogP contribution in [-0.2, 0) is 0 Å². The van der Waals surface area contributed by atoms with Crippen LogP contribution in [0.2, 0.25) is 0 Å². The van der Waals surface area contributed by atoms with E-state index in [9.17, 15) is 4.39 Å². The van der Waals surface area contributed by atoms with Gasteiger partial charge in [0.05, 0.1) is 6.20 Å². The van der Waals surface area contributed by atoms with Crippen LogP contribution >= 0.6 is 0 Å². The molecule has 1 aromatic rings. The number of hydrogen-bond acceptors (Lipinski definition) is 2. The zero-order chi connectivity index (χ0) is 8.55. The second kappa shape index (κ2) is 2.83. The fourth-order valence-electron chi connectivity index (χ4n) is 1.48. The highest BCUT2D eigenvalue weighted by Gasteiger charge is 2.37. The standard InChI is InChI=1S/C9H11FN2/c10-7-1-2-9(12-5-7)8-3-6(8)4-11/h1-2,5-6,8H,3-4,11H2/t6-,8+/m0/s1. The molecule has 0 spiro atoms. The molecule has 64 valence electrons. The zero-order valence-electron chi connectivity index (χ0n) is 6.70. The molecule has 1 fully saturated rings. The van der Waals surface area contributed by atoms with Crippen molar-refractivity contribution in [2.75, 3.05) is 6.54 Å². The van der Waals surface area contributed by atoms with Crippen LogP contribution in [0, 0.1) is 11.7 Å². The van der Waals surface area contributed by atoms with Gasteiger partial charge in [-0.25, -0.2) is 4.39 Å². The normalized spacial score (nSPS) is 27.2. The molecule has 0 amide bonds. The minimum Gasteiger partial charge on any atom is -0.330 e. The Hall–Kier alpha value is -0.960. The largest absolute Gasteiger partial charge is 0.330 e. The number of aromatic nitrogens is 1. The first kappa shape index (κ1) is 7.68. The molecule has 0 aliphatic heterocycles. The Morgan fingerprint density at radius 3 is 2.92 bits per heavy atom. The van der Waals surface area contributed by atoms with Crippen molar-refractivity contribution in [3.8, 4) is 0 Å². The lowest BCUT2D eigenvalue weighted by molar-refractivity contribution is 0.618. The van der Waals surface area contributed by atoms with Crippen LogP contribution in [0.25, 0.3) is 0 Å². The van der Waals surface area contributed by atoms with Crippen LogP contribution < -0.4 is 5.73 Å². The van der Waals surface area contributed by atoms with Gasteiger partial charge in [-0.15, -0.1) is 0 Å². The Bertz CT molecular complexity index is 270. The summed E-state index contributed by atoms with van der Waals surface area (Å²) in [6.07, 6.45) is 2.37. The van der Waals surface area contributed by atoms with Crippen LogP contribution in [0.1, 0.15) is 18.0 Å². The van der Waals surface area contributed by atoms with Crippen LogP contribution in [0.15, 0.2) is 18.3 Å². The molecule has 3 heteroatoms. The van der Waals surface area contributed by atoms with E-state index in [0.717, 1.165) is 12.1 Å². The molecule has 1 aliphatic carbocycles. The summed E-state index contributed by atoms with van der Waals surface area (Å²) in [5.74, 6) is 0.780. The van der Waals surface area contributed by atoms with E-state index < -0.39 is 0 Å². The SMILES string of the molecule is NC[C@@H]1C[C@H]1c1ccc(F)cn1. The van der Waals surface area contributed by atoms with Gasteiger partial charge < -0.3 is 5.73 Å². The summed E-state index contributed by atoms with van der Waals surface area (Å²) < 4.78 is 12.5. The molecule has 0 saturated heterocycles. The van der Waals surface area contributed by atoms with E-state index in [1.54, 1.807) is 6.07 Å². The van der Waals surface area contributed by atoms with E-state index >= 15 is 0 Å². The average molecular weight is 166 g/mol. The van der Waals surface area contributed by atoms with Crippen LogP contribution in [-0.4, -0.2) is 11.5 Å². The van der Waals surface area contributed by atoms with Gasteiger partial charge in [0.25, 0.3) is 0 Å². The maximum Gasteiger partial charge on any atom is 0.141 e. The molecule has 12 heavy (non-hydrogen) atoms. The molecular formula is C9H11FN2. The topological polar surface area (TPSA) is 38.9 Å². The van der Waals surface area contributed by atoms with Crippen LogP contribution in [0.3, 0.4) is 0 Å². The summed E-state index contributed by atoms with van der Waals surface area (Å²) in [5, 5.41) is 0. The summed E-state index contributed by atoms with van der Waals surface area (Å²) in [5.41, 5.74) is 6.47. The highest BCUT2D eigenvalue weighted by Crippen LogP contribution is 2.45. The van der Waals surface area contributed by atoms with Crippen molar-refractivity contribution < 1.29 is 4.39 Å².